The Bertz CT molecular complexity index is 653. The molecule has 0 heterocycles. The number of hydrogen-bond donors (Lipinski definition) is 1. The monoisotopic (exact) mass is 329 g/mol. The predicted molar refractivity (Wildman–Crippen MR) is 98.3 cm³/mol. The first kappa shape index (κ1) is 17.4. The predicted octanol–water partition coefficient (Wildman–Crippen LogP) is 4.44. The number of anilines is 1. The van der Waals surface area contributed by atoms with Crippen molar-refractivity contribution in [1.29, 1.82) is 0 Å². The number of methoxy groups -OCH3 is 1. The van der Waals surface area contributed by atoms with Gasteiger partial charge < -0.3 is 10.1 Å². The molecule has 0 spiro atoms. The summed E-state index contributed by atoms with van der Waals surface area (Å²) in [7, 11) is 1.67. The first-order valence-electron chi connectivity index (χ1n) is 7.72. The molecule has 0 aliphatic carbocycles. The maximum Gasteiger partial charge on any atom is 0.234 e. The summed E-state index contributed by atoms with van der Waals surface area (Å²) >= 11 is 1.59. The Labute approximate surface area is 142 Å². The highest BCUT2D eigenvalue weighted by atomic mass is 32.2. The maximum absolute atomic E-state index is 12.0. The molecule has 0 saturated carbocycles. The largest absolute Gasteiger partial charge is 0.496 e. The molecular weight excluding hydrogens is 306 g/mol. The van der Waals surface area contributed by atoms with Gasteiger partial charge in [-0.1, -0.05) is 36.8 Å². The minimum Gasteiger partial charge on any atom is -0.496 e. The second-order valence-corrected chi connectivity index (χ2v) is 6.39. The van der Waals surface area contributed by atoms with E-state index in [9.17, 15) is 4.79 Å². The van der Waals surface area contributed by atoms with E-state index in [1.54, 1.807) is 18.9 Å². The number of thioether (sulfide) groups is 1. The van der Waals surface area contributed by atoms with Crippen molar-refractivity contribution in [3.8, 4) is 5.75 Å². The van der Waals surface area contributed by atoms with Gasteiger partial charge in [-0.05, 0) is 37.1 Å². The van der Waals surface area contributed by atoms with E-state index in [0.717, 1.165) is 29.2 Å². The van der Waals surface area contributed by atoms with Crippen LogP contribution in [0.5, 0.6) is 5.75 Å². The molecule has 4 heteroatoms. The topological polar surface area (TPSA) is 38.3 Å². The standard InChI is InChI=1S/C19H23NO2S/c1-4-15-6-8-17(9-7-15)20-19(21)13-23-12-16-11-14(2)5-10-18(16)22-3/h5-11H,4,12-13H2,1-3H3,(H,20,21). The number of rotatable bonds is 7. The third kappa shape index (κ3) is 5.32. The molecule has 0 atom stereocenters. The van der Waals surface area contributed by atoms with Crippen molar-refractivity contribution in [2.75, 3.05) is 18.2 Å². The molecule has 1 N–H and O–H groups in total. The Kier molecular flexibility index (Phi) is 6.53. The number of ether oxygens (including phenoxy) is 1. The van der Waals surface area contributed by atoms with Gasteiger partial charge in [0.05, 0.1) is 12.9 Å². The van der Waals surface area contributed by atoms with Crippen LogP contribution in [0.15, 0.2) is 42.5 Å². The number of hydrogen-bond acceptors (Lipinski definition) is 3. The van der Waals surface area contributed by atoms with Crippen molar-refractivity contribution in [2.24, 2.45) is 0 Å². The lowest BCUT2D eigenvalue weighted by molar-refractivity contribution is -0.113. The first-order valence-corrected chi connectivity index (χ1v) is 8.88. The summed E-state index contributed by atoms with van der Waals surface area (Å²) in [5.74, 6) is 2.07. The highest BCUT2D eigenvalue weighted by Gasteiger charge is 2.06. The third-order valence-electron chi connectivity index (χ3n) is 3.57. The van der Waals surface area contributed by atoms with E-state index < -0.39 is 0 Å². The second kappa shape index (κ2) is 8.63. The number of nitrogens with one attached hydrogen (secondary N) is 1. The van der Waals surface area contributed by atoms with Crippen molar-refractivity contribution in [2.45, 2.75) is 26.0 Å². The fourth-order valence-electron chi connectivity index (χ4n) is 2.29. The SMILES string of the molecule is CCc1ccc(NC(=O)CSCc2cc(C)ccc2OC)cc1. The van der Waals surface area contributed by atoms with Crippen LogP contribution in [0.3, 0.4) is 0 Å². The molecule has 3 nitrogen and oxygen atoms in total. The molecule has 0 bridgehead atoms. The lowest BCUT2D eigenvalue weighted by Crippen LogP contribution is -2.14. The Balaban J connectivity index is 1.83. The molecule has 0 aliphatic heterocycles. The van der Waals surface area contributed by atoms with Crippen LogP contribution in [0.1, 0.15) is 23.6 Å². The molecule has 2 aromatic rings. The summed E-state index contributed by atoms with van der Waals surface area (Å²) in [6.07, 6.45) is 1.00. The first-order chi connectivity index (χ1) is 11.1. The molecule has 0 saturated heterocycles. The summed E-state index contributed by atoms with van der Waals surface area (Å²) in [5.41, 5.74) is 4.43. The zero-order valence-corrected chi connectivity index (χ0v) is 14.7. The van der Waals surface area contributed by atoms with Gasteiger partial charge in [0.25, 0.3) is 0 Å². The molecule has 122 valence electrons. The summed E-state index contributed by atoms with van der Waals surface area (Å²) in [6, 6.07) is 14.1. The zero-order valence-electron chi connectivity index (χ0n) is 13.9. The van der Waals surface area contributed by atoms with Crippen LogP contribution in [-0.2, 0) is 17.0 Å². The minimum absolute atomic E-state index is 0.0193. The lowest BCUT2D eigenvalue weighted by atomic mass is 10.1. The van der Waals surface area contributed by atoms with Crippen LogP contribution in [0, 0.1) is 6.92 Å². The van der Waals surface area contributed by atoms with Crippen molar-refractivity contribution in [3.63, 3.8) is 0 Å². The molecule has 23 heavy (non-hydrogen) atoms. The number of amides is 1. The van der Waals surface area contributed by atoms with Gasteiger partial charge in [-0.15, -0.1) is 11.8 Å². The van der Waals surface area contributed by atoms with E-state index in [0.29, 0.717) is 5.75 Å². The van der Waals surface area contributed by atoms with Crippen LogP contribution in [0.4, 0.5) is 5.69 Å². The van der Waals surface area contributed by atoms with E-state index >= 15 is 0 Å². The van der Waals surface area contributed by atoms with Crippen LogP contribution < -0.4 is 10.1 Å². The Morgan fingerprint density at radius 2 is 1.91 bits per heavy atom. The molecule has 1 amide bonds. The summed E-state index contributed by atoms with van der Waals surface area (Å²) in [5, 5.41) is 2.93. The van der Waals surface area contributed by atoms with Gasteiger partial charge in [-0.3, -0.25) is 4.79 Å². The van der Waals surface area contributed by atoms with Crippen molar-refractivity contribution in [1.82, 2.24) is 0 Å². The molecule has 2 aromatic carbocycles. The summed E-state index contributed by atoms with van der Waals surface area (Å²) in [4.78, 5) is 12.0. The van der Waals surface area contributed by atoms with E-state index in [2.05, 4.69) is 25.2 Å². The molecular formula is C19H23NO2S. The average Bonchev–Trinajstić information content (AvgIpc) is 2.56. The van der Waals surface area contributed by atoms with Gasteiger partial charge in [0.1, 0.15) is 5.75 Å². The fourth-order valence-corrected chi connectivity index (χ4v) is 3.10. The highest BCUT2D eigenvalue weighted by molar-refractivity contribution is 7.99. The van der Waals surface area contributed by atoms with Crippen LogP contribution in [0.2, 0.25) is 0 Å². The van der Waals surface area contributed by atoms with E-state index in [1.807, 2.05) is 36.4 Å². The van der Waals surface area contributed by atoms with Gasteiger partial charge in [-0.25, -0.2) is 0 Å². The normalized spacial score (nSPS) is 10.4. The van der Waals surface area contributed by atoms with Crippen molar-refractivity contribution < 1.29 is 9.53 Å². The average molecular weight is 329 g/mol. The van der Waals surface area contributed by atoms with Crippen molar-refractivity contribution in [3.05, 3.63) is 59.2 Å². The lowest BCUT2D eigenvalue weighted by Gasteiger charge is -2.10. The number of carbonyl (C=O) groups is 1. The van der Waals surface area contributed by atoms with Crippen LogP contribution in [0.25, 0.3) is 0 Å². The molecule has 0 aromatic heterocycles. The minimum atomic E-state index is 0.0193. The molecule has 2 rings (SSSR count). The Morgan fingerprint density at radius 3 is 2.57 bits per heavy atom. The molecule has 0 aliphatic rings. The molecule has 0 radical (unpaired) electrons. The fraction of sp³-hybridized carbons (Fsp3) is 0.316. The zero-order chi connectivity index (χ0) is 16.7. The number of aryl methyl sites for hydroxylation is 2. The summed E-state index contributed by atoms with van der Waals surface area (Å²) < 4.78 is 5.36. The quantitative estimate of drug-likeness (QED) is 0.816. The van der Waals surface area contributed by atoms with Crippen LogP contribution in [-0.4, -0.2) is 18.8 Å². The highest BCUT2D eigenvalue weighted by Crippen LogP contribution is 2.24. The second-order valence-electron chi connectivity index (χ2n) is 5.41. The summed E-state index contributed by atoms with van der Waals surface area (Å²) in [6.45, 7) is 4.17. The van der Waals surface area contributed by atoms with E-state index in [4.69, 9.17) is 4.74 Å². The number of carbonyl (C=O) groups excluding carboxylic acids is 1. The van der Waals surface area contributed by atoms with E-state index in [1.165, 1.54) is 11.1 Å². The Hall–Kier alpha value is -1.94. The van der Waals surface area contributed by atoms with Gasteiger partial charge in [-0.2, -0.15) is 0 Å². The third-order valence-corrected chi connectivity index (χ3v) is 4.55. The number of benzene rings is 2. The van der Waals surface area contributed by atoms with E-state index in [-0.39, 0.29) is 5.91 Å². The van der Waals surface area contributed by atoms with Crippen molar-refractivity contribution >= 4 is 23.4 Å². The van der Waals surface area contributed by atoms with Gasteiger partial charge in [0, 0.05) is 17.0 Å². The smallest absolute Gasteiger partial charge is 0.234 e. The van der Waals surface area contributed by atoms with Gasteiger partial charge in [0.2, 0.25) is 5.91 Å². The molecule has 0 fully saturated rings. The molecule has 0 unspecified atom stereocenters. The van der Waals surface area contributed by atoms with Gasteiger partial charge in [0.15, 0.2) is 0 Å². The van der Waals surface area contributed by atoms with Gasteiger partial charge >= 0.3 is 0 Å². The Morgan fingerprint density at radius 1 is 1.17 bits per heavy atom. The van der Waals surface area contributed by atoms with Crippen LogP contribution >= 0.6 is 11.8 Å². The maximum atomic E-state index is 12.0.